The molecular weight excluding hydrogens is 499 g/mol. The summed E-state index contributed by atoms with van der Waals surface area (Å²) in [5.41, 5.74) is 2.61. The minimum Gasteiger partial charge on any atom is -0.491 e. The van der Waals surface area contributed by atoms with Gasteiger partial charge in [-0.25, -0.2) is 4.39 Å². The van der Waals surface area contributed by atoms with Crippen molar-refractivity contribution in [2.45, 2.75) is 52.5 Å². The van der Waals surface area contributed by atoms with Crippen molar-refractivity contribution in [2.75, 3.05) is 26.2 Å². The van der Waals surface area contributed by atoms with E-state index in [1.165, 1.54) is 28.6 Å². The Labute approximate surface area is 229 Å². The second-order valence-corrected chi connectivity index (χ2v) is 11.6. The van der Waals surface area contributed by atoms with Crippen molar-refractivity contribution in [1.82, 2.24) is 9.80 Å². The number of halogens is 1. The SMILES string of the molecule is CC(C)CCN(CC(=O)N1CCc2sccc2C1COc1ccc(C(C)C)cc1)C(=O)c1cccc(F)c1. The number of ether oxygens (including phenoxy) is 1. The van der Waals surface area contributed by atoms with E-state index in [0.717, 1.165) is 24.2 Å². The van der Waals surface area contributed by atoms with Crippen LogP contribution in [0, 0.1) is 11.7 Å². The number of benzene rings is 2. The Hall–Kier alpha value is -3.19. The molecule has 1 atom stereocenters. The van der Waals surface area contributed by atoms with Gasteiger partial charge in [0.15, 0.2) is 0 Å². The molecule has 202 valence electrons. The molecule has 2 heterocycles. The van der Waals surface area contributed by atoms with E-state index in [4.69, 9.17) is 4.74 Å². The third kappa shape index (κ3) is 6.81. The Kier molecular flexibility index (Phi) is 9.21. The zero-order chi connectivity index (χ0) is 27.2. The van der Waals surface area contributed by atoms with Crippen LogP contribution in [0.1, 0.15) is 72.4 Å². The number of amides is 2. The third-order valence-corrected chi connectivity index (χ3v) is 8.03. The van der Waals surface area contributed by atoms with Crippen molar-refractivity contribution in [1.29, 1.82) is 0 Å². The summed E-state index contributed by atoms with van der Waals surface area (Å²) in [6, 6.07) is 15.6. The van der Waals surface area contributed by atoms with Crippen molar-refractivity contribution < 1.29 is 18.7 Å². The topological polar surface area (TPSA) is 49.9 Å². The van der Waals surface area contributed by atoms with Gasteiger partial charge in [0, 0.05) is 23.5 Å². The standard InChI is InChI=1S/C31H37FN2O3S/c1-21(2)12-15-33(31(36)24-6-5-7-25(32)18-24)19-30(35)34-16-13-29-27(14-17-38-29)28(34)20-37-26-10-8-23(9-11-26)22(3)4/h5-11,14,17-18,21-22,28H,12-13,15-16,19-20H2,1-4H3. The number of carbonyl (C=O) groups excluding carboxylic acids is 2. The quantitative estimate of drug-likeness (QED) is 0.290. The maximum atomic E-state index is 13.8. The molecule has 0 aliphatic carbocycles. The van der Waals surface area contributed by atoms with Crippen LogP contribution in [0.15, 0.2) is 60.0 Å². The first kappa shape index (κ1) is 27.8. The van der Waals surface area contributed by atoms with E-state index < -0.39 is 5.82 Å². The first-order valence-corrected chi connectivity index (χ1v) is 14.2. The molecule has 5 nitrogen and oxygen atoms in total. The maximum Gasteiger partial charge on any atom is 0.254 e. The molecule has 0 N–H and O–H groups in total. The van der Waals surface area contributed by atoms with Gasteiger partial charge in [-0.3, -0.25) is 9.59 Å². The Balaban J connectivity index is 1.52. The van der Waals surface area contributed by atoms with Crippen molar-refractivity contribution in [3.8, 4) is 5.75 Å². The fraction of sp³-hybridized carbons (Fsp3) is 0.419. The summed E-state index contributed by atoms with van der Waals surface area (Å²) in [6.45, 7) is 9.75. The average Bonchev–Trinajstić information content (AvgIpc) is 3.38. The highest BCUT2D eigenvalue weighted by Gasteiger charge is 2.33. The number of thiophene rings is 1. The molecule has 0 spiro atoms. The normalized spacial score (nSPS) is 15.0. The largest absolute Gasteiger partial charge is 0.491 e. The smallest absolute Gasteiger partial charge is 0.254 e. The first-order chi connectivity index (χ1) is 18.2. The number of hydrogen-bond donors (Lipinski definition) is 0. The average molecular weight is 537 g/mol. The molecule has 1 unspecified atom stereocenters. The van der Waals surface area contributed by atoms with E-state index in [0.29, 0.717) is 31.5 Å². The molecular formula is C31H37FN2O3S. The Bertz CT molecular complexity index is 1240. The van der Waals surface area contributed by atoms with Crippen LogP contribution >= 0.6 is 11.3 Å². The summed E-state index contributed by atoms with van der Waals surface area (Å²) in [4.78, 5) is 31.7. The fourth-order valence-electron chi connectivity index (χ4n) is 4.72. The fourth-order valence-corrected chi connectivity index (χ4v) is 5.65. The number of fused-ring (bicyclic) bond motifs is 1. The lowest BCUT2D eigenvalue weighted by Gasteiger charge is -2.37. The molecule has 38 heavy (non-hydrogen) atoms. The van der Waals surface area contributed by atoms with Gasteiger partial charge in [0.2, 0.25) is 5.91 Å². The van der Waals surface area contributed by atoms with E-state index in [2.05, 4.69) is 51.3 Å². The molecule has 0 radical (unpaired) electrons. The van der Waals surface area contributed by atoms with Crippen LogP contribution in [0.3, 0.4) is 0 Å². The summed E-state index contributed by atoms with van der Waals surface area (Å²) < 4.78 is 20.0. The number of hydrogen-bond acceptors (Lipinski definition) is 4. The molecule has 2 aromatic carbocycles. The molecule has 0 saturated heterocycles. The number of nitrogens with zero attached hydrogens (tertiary/aromatic N) is 2. The van der Waals surface area contributed by atoms with Crippen LogP contribution < -0.4 is 4.74 Å². The van der Waals surface area contributed by atoms with Gasteiger partial charge in [-0.2, -0.15) is 0 Å². The summed E-state index contributed by atoms with van der Waals surface area (Å²) in [6.07, 6.45) is 1.53. The molecule has 1 aromatic heterocycles. The number of carbonyl (C=O) groups is 2. The number of rotatable bonds is 10. The third-order valence-electron chi connectivity index (χ3n) is 7.03. The van der Waals surface area contributed by atoms with Gasteiger partial charge in [0.05, 0.1) is 6.04 Å². The Morgan fingerprint density at radius 2 is 1.87 bits per heavy atom. The second kappa shape index (κ2) is 12.6. The van der Waals surface area contributed by atoms with Crippen molar-refractivity contribution in [3.63, 3.8) is 0 Å². The van der Waals surface area contributed by atoms with Crippen molar-refractivity contribution in [2.24, 2.45) is 5.92 Å². The van der Waals surface area contributed by atoms with Gasteiger partial charge < -0.3 is 14.5 Å². The predicted octanol–water partition coefficient (Wildman–Crippen LogP) is 6.70. The minimum absolute atomic E-state index is 0.0544. The molecule has 7 heteroatoms. The van der Waals surface area contributed by atoms with E-state index in [1.54, 1.807) is 22.3 Å². The highest BCUT2D eigenvalue weighted by atomic mass is 32.1. The molecule has 1 aliphatic rings. The van der Waals surface area contributed by atoms with Crippen LogP contribution in [0.2, 0.25) is 0 Å². The zero-order valence-corrected chi connectivity index (χ0v) is 23.5. The lowest BCUT2D eigenvalue weighted by molar-refractivity contribution is -0.135. The van der Waals surface area contributed by atoms with Crippen LogP contribution in [0.5, 0.6) is 5.75 Å². The lowest BCUT2D eigenvalue weighted by Crippen LogP contribution is -2.48. The van der Waals surface area contributed by atoms with Crippen molar-refractivity contribution in [3.05, 3.63) is 87.4 Å². The molecule has 2 amide bonds. The maximum absolute atomic E-state index is 13.8. The summed E-state index contributed by atoms with van der Waals surface area (Å²) >= 11 is 1.70. The Morgan fingerprint density at radius 3 is 2.55 bits per heavy atom. The van der Waals surface area contributed by atoms with Gasteiger partial charge in [-0.15, -0.1) is 11.3 Å². The molecule has 1 aliphatic heterocycles. The van der Waals surface area contributed by atoms with Crippen LogP contribution in [0.25, 0.3) is 0 Å². The highest BCUT2D eigenvalue weighted by Crippen LogP contribution is 2.34. The van der Waals surface area contributed by atoms with Gasteiger partial charge in [0.25, 0.3) is 5.91 Å². The van der Waals surface area contributed by atoms with E-state index in [1.807, 2.05) is 17.0 Å². The highest BCUT2D eigenvalue weighted by molar-refractivity contribution is 7.10. The molecule has 3 aromatic rings. The molecule has 4 rings (SSSR count). The molecule has 0 bridgehead atoms. The van der Waals surface area contributed by atoms with Gasteiger partial charge >= 0.3 is 0 Å². The van der Waals surface area contributed by atoms with Crippen molar-refractivity contribution >= 4 is 23.2 Å². The van der Waals surface area contributed by atoms with E-state index in [9.17, 15) is 14.0 Å². The molecule has 0 fully saturated rings. The minimum atomic E-state index is -0.467. The van der Waals surface area contributed by atoms with Gasteiger partial charge in [-0.05, 0) is 77.6 Å². The first-order valence-electron chi connectivity index (χ1n) is 13.4. The van der Waals surface area contributed by atoms with Crippen LogP contribution in [0.4, 0.5) is 4.39 Å². The zero-order valence-electron chi connectivity index (χ0n) is 22.7. The Morgan fingerprint density at radius 1 is 1.11 bits per heavy atom. The predicted molar refractivity (Wildman–Crippen MR) is 150 cm³/mol. The summed E-state index contributed by atoms with van der Waals surface area (Å²) in [5, 5.41) is 2.06. The van der Waals surface area contributed by atoms with Gasteiger partial charge in [0.1, 0.15) is 24.7 Å². The van der Waals surface area contributed by atoms with E-state index >= 15 is 0 Å². The van der Waals surface area contributed by atoms with Gasteiger partial charge in [-0.1, -0.05) is 45.9 Å². The van der Waals surface area contributed by atoms with Crippen LogP contribution in [-0.2, 0) is 11.2 Å². The molecule has 0 saturated carbocycles. The lowest BCUT2D eigenvalue weighted by atomic mass is 10.00. The van der Waals surface area contributed by atoms with Crippen LogP contribution in [-0.4, -0.2) is 47.9 Å². The van der Waals surface area contributed by atoms with E-state index in [-0.39, 0.29) is 30.0 Å². The monoisotopic (exact) mass is 536 g/mol. The summed E-state index contributed by atoms with van der Waals surface area (Å²) in [7, 11) is 0. The second-order valence-electron chi connectivity index (χ2n) is 10.6. The summed E-state index contributed by atoms with van der Waals surface area (Å²) in [5.74, 6) is 0.649.